The largest absolute Gasteiger partial charge is 0.385 e. The fraction of sp³-hybridized carbons (Fsp3) is 0.500. The normalized spacial score (nSPS) is 18.4. The molecule has 1 amide bonds. The molecule has 1 N–H and O–H groups in total. The van der Waals surface area contributed by atoms with E-state index in [1.165, 1.54) is 0 Å². The Morgan fingerprint density at radius 1 is 1.70 bits per heavy atom. The summed E-state index contributed by atoms with van der Waals surface area (Å²) in [6.45, 7) is 4.11. The molecule has 20 heavy (non-hydrogen) atoms. The lowest BCUT2D eigenvalue weighted by atomic mass is 10.2. The van der Waals surface area contributed by atoms with Gasteiger partial charge in [-0.1, -0.05) is 6.92 Å². The van der Waals surface area contributed by atoms with E-state index in [4.69, 9.17) is 10.00 Å². The minimum atomic E-state index is -0.547. The first-order valence-corrected chi connectivity index (χ1v) is 6.75. The fourth-order valence-corrected chi connectivity index (χ4v) is 2.00. The molecule has 0 aliphatic carbocycles. The van der Waals surface area contributed by atoms with Crippen LogP contribution >= 0.6 is 0 Å². The summed E-state index contributed by atoms with van der Waals surface area (Å²) < 4.78 is 5.23. The standard InChI is InChI=1S/C14H18N4O2/c1-2-4-16-11-3-5-17-13(8-11)14(19)18-6-7-20-12(9-15)10-18/h3,5,8,12H,2,4,6-7,10H2,1H3,(H,16,17). The van der Waals surface area contributed by atoms with Crippen LogP contribution in [0.25, 0.3) is 0 Å². The van der Waals surface area contributed by atoms with Crippen LogP contribution in [0.2, 0.25) is 0 Å². The van der Waals surface area contributed by atoms with Crippen molar-refractivity contribution in [3.63, 3.8) is 0 Å². The molecule has 0 aromatic carbocycles. The molecule has 1 atom stereocenters. The Morgan fingerprint density at radius 3 is 3.30 bits per heavy atom. The number of nitrogens with one attached hydrogen (secondary N) is 1. The van der Waals surface area contributed by atoms with Gasteiger partial charge in [0.15, 0.2) is 6.10 Å². The third-order valence-electron chi connectivity index (χ3n) is 3.06. The fourth-order valence-electron chi connectivity index (χ4n) is 2.00. The molecule has 6 nitrogen and oxygen atoms in total. The van der Waals surface area contributed by atoms with Crippen LogP contribution in [0.3, 0.4) is 0 Å². The molecule has 0 radical (unpaired) electrons. The Labute approximate surface area is 118 Å². The average molecular weight is 274 g/mol. The molecule has 2 rings (SSSR count). The van der Waals surface area contributed by atoms with Crippen molar-refractivity contribution in [1.82, 2.24) is 9.88 Å². The zero-order chi connectivity index (χ0) is 14.4. The van der Waals surface area contributed by atoms with Crippen molar-refractivity contribution in [3.8, 4) is 6.07 Å². The summed E-state index contributed by atoms with van der Waals surface area (Å²) in [5, 5.41) is 12.1. The number of pyridine rings is 1. The summed E-state index contributed by atoms with van der Waals surface area (Å²) in [7, 11) is 0. The van der Waals surface area contributed by atoms with Crippen molar-refractivity contribution in [2.24, 2.45) is 0 Å². The van der Waals surface area contributed by atoms with Crippen LogP contribution in [0, 0.1) is 11.3 Å². The first kappa shape index (κ1) is 14.3. The Balaban J connectivity index is 2.06. The second-order valence-corrected chi connectivity index (χ2v) is 4.60. The molecule has 1 aliphatic heterocycles. The number of ether oxygens (including phenoxy) is 1. The van der Waals surface area contributed by atoms with Crippen molar-refractivity contribution < 1.29 is 9.53 Å². The number of hydrogen-bond acceptors (Lipinski definition) is 5. The lowest BCUT2D eigenvalue weighted by molar-refractivity contribution is 0.00320. The molecule has 2 heterocycles. The van der Waals surface area contributed by atoms with Crippen LogP contribution in [0.5, 0.6) is 0 Å². The lowest BCUT2D eigenvalue weighted by Crippen LogP contribution is -2.45. The quantitative estimate of drug-likeness (QED) is 0.894. The number of hydrogen-bond donors (Lipinski definition) is 1. The van der Waals surface area contributed by atoms with E-state index < -0.39 is 6.10 Å². The van der Waals surface area contributed by atoms with E-state index in [1.54, 1.807) is 17.2 Å². The number of nitrogens with zero attached hydrogens (tertiary/aromatic N) is 3. The molecule has 1 aromatic heterocycles. The highest BCUT2D eigenvalue weighted by atomic mass is 16.5. The zero-order valence-electron chi connectivity index (χ0n) is 11.5. The molecule has 0 saturated carbocycles. The third-order valence-corrected chi connectivity index (χ3v) is 3.06. The van der Waals surface area contributed by atoms with E-state index in [9.17, 15) is 4.79 Å². The van der Waals surface area contributed by atoms with Crippen LogP contribution in [0.1, 0.15) is 23.8 Å². The average Bonchev–Trinajstić information content (AvgIpc) is 2.52. The Hall–Kier alpha value is -2.13. The predicted molar refractivity (Wildman–Crippen MR) is 74.3 cm³/mol. The maximum atomic E-state index is 12.4. The SMILES string of the molecule is CCCNc1ccnc(C(=O)N2CCOC(C#N)C2)c1. The van der Waals surface area contributed by atoms with Gasteiger partial charge in [-0.25, -0.2) is 0 Å². The highest BCUT2D eigenvalue weighted by Crippen LogP contribution is 2.13. The van der Waals surface area contributed by atoms with Gasteiger partial charge in [-0.15, -0.1) is 0 Å². The second kappa shape index (κ2) is 6.87. The van der Waals surface area contributed by atoms with E-state index >= 15 is 0 Å². The predicted octanol–water partition coefficient (Wildman–Crippen LogP) is 1.27. The first-order valence-electron chi connectivity index (χ1n) is 6.75. The maximum Gasteiger partial charge on any atom is 0.272 e. The highest BCUT2D eigenvalue weighted by Gasteiger charge is 2.25. The topological polar surface area (TPSA) is 78.2 Å². The summed E-state index contributed by atoms with van der Waals surface area (Å²) in [6.07, 6.45) is 2.08. The van der Waals surface area contributed by atoms with E-state index in [-0.39, 0.29) is 5.91 Å². The number of carbonyl (C=O) groups excluding carboxylic acids is 1. The Bertz CT molecular complexity index is 512. The van der Waals surface area contributed by atoms with Crippen molar-refractivity contribution in [2.45, 2.75) is 19.4 Å². The highest BCUT2D eigenvalue weighted by molar-refractivity contribution is 5.93. The van der Waals surface area contributed by atoms with Crippen molar-refractivity contribution >= 4 is 11.6 Å². The molecule has 0 bridgehead atoms. The number of carbonyl (C=O) groups is 1. The smallest absolute Gasteiger partial charge is 0.272 e. The minimum Gasteiger partial charge on any atom is -0.385 e. The summed E-state index contributed by atoms with van der Waals surface area (Å²) in [6, 6.07) is 5.61. The van der Waals surface area contributed by atoms with Crippen LogP contribution in [0.4, 0.5) is 5.69 Å². The third kappa shape index (κ3) is 3.45. The van der Waals surface area contributed by atoms with Gasteiger partial charge in [-0.3, -0.25) is 9.78 Å². The number of aromatic nitrogens is 1. The monoisotopic (exact) mass is 274 g/mol. The van der Waals surface area contributed by atoms with Crippen LogP contribution in [-0.4, -0.2) is 48.1 Å². The van der Waals surface area contributed by atoms with Gasteiger partial charge < -0.3 is 15.0 Å². The number of amides is 1. The van der Waals surface area contributed by atoms with E-state index in [0.717, 1.165) is 18.7 Å². The molecular weight excluding hydrogens is 256 g/mol. The molecule has 1 aliphatic rings. The molecule has 0 spiro atoms. The van der Waals surface area contributed by atoms with E-state index in [0.29, 0.717) is 25.4 Å². The van der Waals surface area contributed by atoms with Gasteiger partial charge in [0.25, 0.3) is 5.91 Å². The van der Waals surface area contributed by atoms with E-state index in [2.05, 4.69) is 17.2 Å². The number of morpholine rings is 1. The van der Waals surface area contributed by atoms with E-state index in [1.807, 2.05) is 12.1 Å². The van der Waals surface area contributed by atoms with Crippen molar-refractivity contribution in [1.29, 1.82) is 5.26 Å². The summed E-state index contributed by atoms with van der Waals surface area (Å²) in [4.78, 5) is 18.1. The van der Waals surface area contributed by atoms with Crippen LogP contribution < -0.4 is 5.32 Å². The minimum absolute atomic E-state index is 0.159. The van der Waals surface area contributed by atoms with Gasteiger partial charge in [0.05, 0.1) is 19.2 Å². The van der Waals surface area contributed by atoms with Gasteiger partial charge >= 0.3 is 0 Å². The van der Waals surface area contributed by atoms with Gasteiger partial charge in [0.1, 0.15) is 5.69 Å². The first-order chi connectivity index (χ1) is 9.74. The molecule has 1 aromatic rings. The van der Waals surface area contributed by atoms with Gasteiger partial charge in [0, 0.05) is 25.0 Å². The second-order valence-electron chi connectivity index (χ2n) is 4.60. The van der Waals surface area contributed by atoms with Crippen LogP contribution in [0.15, 0.2) is 18.3 Å². The summed E-state index contributed by atoms with van der Waals surface area (Å²) in [5.41, 5.74) is 1.28. The van der Waals surface area contributed by atoms with Crippen LogP contribution in [-0.2, 0) is 4.74 Å². The number of nitriles is 1. The van der Waals surface area contributed by atoms with Crippen molar-refractivity contribution in [3.05, 3.63) is 24.0 Å². The number of rotatable bonds is 4. The molecule has 6 heteroatoms. The summed E-state index contributed by atoms with van der Waals surface area (Å²) in [5.74, 6) is -0.159. The van der Waals surface area contributed by atoms with Gasteiger partial charge in [-0.05, 0) is 18.6 Å². The molecule has 106 valence electrons. The maximum absolute atomic E-state index is 12.4. The molecule has 1 saturated heterocycles. The lowest BCUT2D eigenvalue weighted by Gasteiger charge is -2.29. The summed E-state index contributed by atoms with van der Waals surface area (Å²) >= 11 is 0. The Kier molecular flexibility index (Phi) is 4.91. The zero-order valence-corrected chi connectivity index (χ0v) is 11.5. The molecular formula is C14H18N4O2. The van der Waals surface area contributed by atoms with Crippen molar-refractivity contribution in [2.75, 3.05) is 31.6 Å². The number of anilines is 1. The van der Waals surface area contributed by atoms with Gasteiger partial charge in [0.2, 0.25) is 0 Å². The van der Waals surface area contributed by atoms with Gasteiger partial charge in [-0.2, -0.15) is 5.26 Å². The molecule has 1 unspecified atom stereocenters. The Morgan fingerprint density at radius 2 is 2.55 bits per heavy atom. The molecule has 1 fully saturated rings.